The van der Waals surface area contributed by atoms with E-state index in [0.29, 0.717) is 0 Å². The molecule has 0 amide bonds. The van der Waals surface area contributed by atoms with Crippen molar-refractivity contribution >= 4 is 81.3 Å². The van der Waals surface area contributed by atoms with Crippen molar-refractivity contribution in [1.29, 1.82) is 0 Å². The van der Waals surface area contributed by atoms with Crippen LogP contribution >= 0.6 is 11.3 Å². The van der Waals surface area contributed by atoms with Crippen molar-refractivity contribution < 1.29 is 9.15 Å². The molecular weight excluding hydrogens is 859 g/mol. The molecule has 3 nitrogen and oxygen atoms in total. The van der Waals surface area contributed by atoms with Crippen molar-refractivity contribution in [2.24, 2.45) is 0 Å². The maximum atomic E-state index is 7.12. The topological polar surface area (TPSA) is 25.6 Å². The van der Waals surface area contributed by atoms with Crippen molar-refractivity contribution in [3.8, 4) is 44.9 Å². The highest BCUT2D eigenvalue weighted by molar-refractivity contribution is 7.25. The quantitative estimate of drug-likeness (QED) is 0.172. The van der Waals surface area contributed by atoms with Gasteiger partial charge in [-0.25, -0.2) is 0 Å². The third kappa shape index (κ3) is 5.61. The molecule has 1 aliphatic carbocycles. The second kappa shape index (κ2) is 14.6. The van der Waals surface area contributed by atoms with Gasteiger partial charge in [-0.3, -0.25) is 0 Å². The molecule has 11 aromatic carbocycles. The first-order valence-corrected chi connectivity index (χ1v) is 24.4. The summed E-state index contributed by atoms with van der Waals surface area (Å²) in [5.74, 6) is 1.70. The molecule has 4 heteroatoms. The number of nitrogens with zero attached hydrogens (tertiary/aromatic N) is 1. The van der Waals surface area contributed by atoms with Crippen LogP contribution in [-0.2, 0) is 5.41 Å². The summed E-state index contributed by atoms with van der Waals surface area (Å²) >= 11 is 1.84. The van der Waals surface area contributed by atoms with E-state index < -0.39 is 5.41 Å². The number of furan rings is 1. The number of rotatable bonds is 5. The molecule has 0 N–H and O–H groups in total. The maximum absolute atomic E-state index is 7.12. The Balaban J connectivity index is 0.997. The molecule has 0 radical (unpaired) electrons. The lowest BCUT2D eigenvalue weighted by molar-refractivity contribution is 0.436. The number of benzene rings is 11. The van der Waals surface area contributed by atoms with Gasteiger partial charge in [0, 0.05) is 70.8 Å². The van der Waals surface area contributed by atoms with E-state index in [9.17, 15) is 0 Å². The van der Waals surface area contributed by atoms with Gasteiger partial charge in [-0.2, -0.15) is 0 Å². The zero-order chi connectivity index (χ0) is 45.2. The Morgan fingerprint density at radius 2 is 0.957 bits per heavy atom. The minimum atomic E-state index is -0.562. The van der Waals surface area contributed by atoms with Gasteiger partial charge < -0.3 is 14.1 Å². The number of hydrogen-bond donors (Lipinski definition) is 0. The lowest BCUT2D eigenvalue weighted by Crippen LogP contribution is -2.32. The lowest BCUT2D eigenvalue weighted by Gasteiger charge is -2.40. The van der Waals surface area contributed by atoms with Gasteiger partial charge in [-0.1, -0.05) is 176 Å². The van der Waals surface area contributed by atoms with Crippen LogP contribution in [0.25, 0.3) is 86.3 Å². The number of hydrogen-bond acceptors (Lipinski definition) is 4. The van der Waals surface area contributed by atoms with Crippen LogP contribution in [0.3, 0.4) is 0 Å². The Kier molecular flexibility index (Phi) is 8.15. The molecule has 0 unspecified atom stereocenters. The van der Waals surface area contributed by atoms with E-state index in [1.54, 1.807) is 0 Å². The highest BCUT2D eigenvalue weighted by Crippen LogP contribution is 2.62. The molecule has 322 valence electrons. The van der Waals surface area contributed by atoms with Crippen LogP contribution in [0.1, 0.15) is 22.3 Å². The average Bonchev–Trinajstić information content (AvgIpc) is 4.06. The molecule has 0 atom stereocenters. The summed E-state index contributed by atoms with van der Waals surface area (Å²) in [7, 11) is 0. The Morgan fingerprint density at radius 3 is 1.77 bits per heavy atom. The first-order valence-electron chi connectivity index (χ1n) is 23.5. The van der Waals surface area contributed by atoms with Gasteiger partial charge in [0.05, 0.1) is 5.41 Å². The van der Waals surface area contributed by atoms with Gasteiger partial charge in [0.15, 0.2) is 0 Å². The first kappa shape index (κ1) is 38.4. The van der Waals surface area contributed by atoms with E-state index in [1.165, 1.54) is 58.9 Å². The van der Waals surface area contributed by atoms with E-state index in [1.807, 2.05) is 11.3 Å². The lowest BCUT2D eigenvalue weighted by atomic mass is 9.66. The van der Waals surface area contributed by atoms with Gasteiger partial charge in [-0.05, 0) is 104 Å². The zero-order valence-corrected chi connectivity index (χ0v) is 38.0. The predicted molar refractivity (Wildman–Crippen MR) is 287 cm³/mol. The molecule has 69 heavy (non-hydrogen) atoms. The predicted octanol–water partition coefficient (Wildman–Crippen LogP) is 18.4. The molecule has 15 rings (SSSR count). The van der Waals surface area contributed by atoms with Gasteiger partial charge in [0.1, 0.15) is 22.7 Å². The monoisotopic (exact) mass is 897 g/mol. The Morgan fingerprint density at radius 1 is 0.348 bits per heavy atom. The van der Waals surface area contributed by atoms with Crippen LogP contribution < -0.4 is 9.64 Å². The fourth-order valence-electron chi connectivity index (χ4n) is 11.7. The summed E-state index contributed by atoms with van der Waals surface area (Å²) in [6, 6.07) is 86.1. The summed E-state index contributed by atoms with van der Waals surface area (Å²) in [5.41, 5.74) is 16.0. The van der Waals surface area contributed by atoms with Gasteiger partial charge in [0.25, 0.3) is 0 Å². The molecule has 0 saturated heterocycles. The van der Waals surface area contributed by atoms with Crippen LogP contribution in [0, 0.1) is 0 Å². The van der Waals surface area contributed by atoms with E-state index in [0.717, 1.165) is 78.1 Å². The summed E-state index contributed by atoms with van der Waals surface area (Å²) in [6.45, 7) is 0. The molecule has 2 aromatic heterocycles. The molecule has 1 aliphatic heterocycles. The number of para-hydroxylation sites is 1. The molecule has 0 saturated carbocycles. The SMILES string of the molecule is c1ccc(-c2ccc(-c3cc(N(c4ccc5c(c4)Oc4ccccc4C54c5ccccc5-c5ccccc54)c4ccc5c(c4)sc4ccccc45)cc4c3oc3cc5ccccc5cc34)cc2)cc1. The highest BCUT2D eigenvalue weighted by Gasteiger charge is 2.51. The second-order valence-corrected chi connectivity index (χ2v) is 19.4. The van der Waals surface area contributed by atoms with Crippen LogP contribution in [0.2, 0.25) is 0 Å². The van der Waals surface area contributed by atoms with Crippen LogP contribution in [0.15, 0.2) is 241 Å². The van der Waals surface area contributed by atoms with Crippen LogP contribution in [0.5, 0.6) is 11.5 Å². The molecule has 2 aliphatic rings. The Labute approximate surface area is 402 Å². The summed E-state index contributed by atoms with van der Waals surface area (Å²) < 4.78 is 16.6. The third-order valence-electron chi connectivity index (χ3n) is 14.7. The molecule has 0 fully saturated rings. The molecule has 1 spiro atoms. The maximum Gasteiger partial charge on any atom is 0.143 e. The van der Waals surface area contributed by atoms with Crippen molar-refractivity contribution in [2.75, 3.05) is 4.90 Å². The Bertz CT molecular complexity index is 4190. The highest BCUT2D eigenvalue weighted by atomic mass is 32.1. The molecule has 0 bridgehead atoms. The minimum absolute atomic E-state index is 0.562. The van der Waals surface area contributed by atoms with Crippen LogP contribution in [0.4, 0.5) is 17.1 Å². The van der Waals surface area contributed by atoms with Crippen molar-refractivity contribution in [2.45, 2.75) is 5.41 Å². The van der Waals surface area contributed by atoms with Gasteiger partial charge in [-0.15, -0.1) is 11.3 Å². The van der Waals surface area contributed by atoms with Gasteiger partial charge in [0.2, 0.25) is 0 Å². The van der Waals surface area contributed by atoms with Crippen molar-refractivity contribution in [3.63, 3.8) is 0 Å². The van der Waals surface area contributed by atoms with Crippen LogP contribution in [-0.4, -0.2) is 0 Å². The van der Waals surface area contributed by atoms with E-state index >= 15 is 0 Å². The fourth-order valence-corrected chi connectivity index (χ4v) is 12.8. The van der Waals surface area contributed by atoms with E-state index in [-0.39, 0.29) is 0 Å². The van der Waals surface area contributed by atoms with Gasteiger partial charge >= 0.3 is 0 Å². The number of fused-ring (bicyclic) bond motifs is 16. The average molecular weight is 898 g/mol. The minimum Gasteiger partial charge on any atom is -0.457 e. The second-order valence-electron chi connectivity index (χ2n) is 18.3. The Hall–Kier alpha value is -8.70. The summed E-state index contributed by atoms with van der Waals surface area (Å²) in [6.07, 6.45) is 0. The van der Waals surface area contributed by atoms with E-state index in [2.05, 4.69) is 241 Å². The third-order valence-corrected chi connectivity index (χ3v) is 15.8. The van der Waals surface area contributed by atoms with E-state index in [4.69, 9.17) is 9.15 Å². The summed E-state index contributed by atoms with van der Waals surface area (Å²) in [4.78, 5) is 2.42. The first-order chi connectivity index (χ1) is 34.2. The largest absolute Gasteiger partial charge is 0.457 e. The smallest absolute Gasteiger partial charge is 0.143 e. The molecular formula is C65H39NO2S. The number of thiophene rings is 1. The van der Waals surface area contributed by atoms with Crippen molar-refractivity contribution in [1.82, 2.24) is 0 Å². The zero-order valence-electron chi connectivity index (χ0n) is 37.2. The normalized spacial score (nSPS) is 13.2. The molecule has 13 aromatic rings. The molecule has 3 heterocycles. The fraction of sp³-hybridized carbons (Fsp3) is 0.0154. The van der Waals surface area contributed by atoms with Crippen molar-refractivity contribution in [3.05, 3.63) is 259 Å². The number of anilines is 3. The summed E-state index contributed by atoms with van der Waals surface area (Å²) in [5, 5.41) is 7.00. The standard InChI is InChI=1S/C65H39NO2S/c1-2-14-40(15-3-1)41-26-28-42(29-27-41)52-36-47(37-54-53-34-43-16-4-5-17-44(43)35-60(53)68-64(52)54)66(46-30-32-51-50-20-8-13-25-62(50)69-63(51)39-46)45-31-33-58-61(38-45)67-59-24-12-11-23-57(59)65(58)55-21-9-6-18-48(55)49-19-7-10-22-56(49)65/h1-39H. The number of ether oxygens (including phenoxy) is 1.